The molecule has 0 saturated carbocycles. The van der Waals surface area contributed by atoms with E-state index < -0.39 is 0 Å². The van der Waals surface area contributed by atoms with E-state index in [1.54, 1.807) is 26.6 Å². The molecule has 0 bridgehead atoms. The Hall–Kier alpha value is -2.70. The summed E-state index contributed by atoms with van der Waals surface area (Å²) in [5.74, 6) is 2.96. The van der Waals surface area contributed by atoms with Crippen LogP contribution in [0.15, 0.2) is 30.6 Å². The fourth-order valence-electron chi connectivity index (χ4n) is 3.22. The molecule has 1 aromatic carbocycles. The second-order valence-corrected chi connectivity index (χ2v) is 6.91. The first kappa shape index (κ1) is 19.1. The first-order chi connectivity index (χ1) is 13.1. The van der Waals surface area contributed by atoms with Crippen molar-refractivity contribution in [2.45, 2.75) is 38.8 Å². The van der Waals surface area contributed by atoms with Crippen molar-refractivity contribution >= 4 is 11.5 Å². The molecule has 0 amide bonds. The molecule has 1 unspecified atom stereocenters. The van der Waals surface area contributed by atoms with Crippen LogP contribution in [0.5, 0.6) is 17.4 Å². The normalized spacial score (nSPS) is 16.9. The lowest BCUT2D eigenvalue weighted by Crippen LogP contribution is -2.42. The van der Waals surface area contributed by atoms with Gasteiger partial charge in [0, 0.05) is 43.0 Å². The van der Waals surface area contributed by atoms with Crippen LogP contribution in [0.1, 0.15) is 26.7 Å². The molecule has 1 atom stereocenters. The van der Waals surface area contributed by atoms with Gasteiger partial charge in [-0.3, -0.25) is 4.98 Å². The highest BCUT2D eigenvalue weighted by molar-refractivity contribution is 5.54. The average Bonchev–Trinajstić information content (AvgIpc) is 2.67. The molecule has 146 valence electrons. The van der Waals surface area contributed by atoms with E-state index in [-0.39, 0.29) is 6.10 Å². The van der Waals surface area contributed by atoms with E-state index in [9.17, 15) is 0 Å². The fourth-order valence-corrected chi connectivity index (χ4v) is 3.22. The van der Waals surface area contributed by atoms with Crippen LogP contribution < -0.4 is 24.4 Å². The van der Waals surface area contributed by atoms with E-state index in [1.165, 1.54) is 0 Å². The zero-order valence-electron chi connectivity index (χ0n) is 16.4. The molecule has 1 fully saturated rings. The summed E-state index contributed by atoms with van der Waals surface area (Å²) in [7, 11) is 3.32. The Kier molecular flexibility index (Phi) is 6.21. The molecule has 7 heteroatoms. The summed E-state index contributed by atoms with van der Waals surface area (Å²) >= 11 is 0. The Balaban J connectivity index is 1.69. The van der Waals surface area contributed by atoms with Crippen LogP contribution in [0.3, 0.4) is 0 Å². The van der Waals surface area contributed by atoms with E-state index >= 15 is 0 Å². The molecule has 2 aromatic rings. The van der Waals surface area contributed by atoms with Gasteiger partial charge in [-0.15, -0.1) is 0 Å². The summed E-state index contributed by atoms with van der Waals surface area (Å²) in [5, 5.41) is 3.60. The van der Waals surface area contributed by atoms with Crippen molar-refractivity contribution in [3.8, 4) is 17.4 Å². The Morgan fingerprint density at radius 2 is 1.85 bits per heavy atom. The molecule has 2 heterocycles. The maximum absolute atomic E-state index is 5.68. The minimum Gasteiger partial charge on any atom is -0.497 e. The monoisotopic (exact) mass is 372 g/mol. The molecular formula is C20H28N4O3. The highest BCUT2D eigenvalue weighted by atomic mass is 16.5. The van der Waals surface area contributed by atoms with Crippen LogP contribution in [0.2, 0.25) is 0 Å². The summed E-state index contributed by atoms with van der Waals surface area (Å²) in [4.78, 5) is 11.1. The van der Waals surface area contributed by atoms with Crippen LogP contribution in [0.25, 0.3) is 0 Å². The van der Waals surface area contributed by atoms with E-state index in [0.29, 0.717) is 11.9 Å². The number of rotatable bonds is 7. The second-order valence-electron chi connectivity index (χ2n) is 6.91. The summed E-state index contributed by atoms with van der Waals surface area (Å²) in [6.45, 7) is 5.77. The third-order valence-electron chi connectivity index (χ3n) is 4.42. The minimum absolute atomic E-state index is 0.0772. The molecule has 0 aliphatic carbocycles. The summed E-state index contributed by atoms with van der Waals surface area (Å²) in [6.07, 6.45) is 5.70. The van der Waals surface area contributed by atoms with E-state index in [2.05, 4.69) is 20.2 Å². The quantitative estimate of drug-likeness (QED) is 0.799. The van der Waals surface area contributed by atoms with Gasteiger partial charge in [-0.2, -0.15) is 4.98 Å². The number of hydrogen-bond donors (Lipinski definition) is 1. The minimum atomic E-state index is 0.0772. The third-order valence-corrected chi connectivity index (χ3v) is 4.42. The van der Waals surface area contributed by atoms with E-state index in [4.69, 9.17) is 14.2 Å². The predicted octanol–water partition coefficient (Wildman–Crippen LogP) is 3.36. The van der Waals surface area contributed by atoms with Crippen molar-refractivity contribution in [2.24, 2.45) is 0 Å². The zero-order valence-corrected chi connectivity index (χ0v) is 16.4. The topological polar surface area (TPSA) is 68.7 Å². The number of aromatic nitrogens is 2. The number of nitrogens with zero attached hydrogens (tertiary/aromatic N) is 3. The lowest BCUT2D eigenvalue weighted by atomic mass is 10.1. The van der Waals surface area contributed by atoms with Crippen molar-refractivity contribution in [3.05, 3.63) is 30.6 Å². The maximum atomic E-state index is 5.68. The molecule has 0 radical (unpaired) electrons. The van der Waals surface area contributed by atoms with E-state index in [0.717, 1.165) is 48.9 Å². The highest BCUT2D eigenvalue weighted by Crippen LogP contribution is 2.28. The molecule has 7 nitrogen and oxygen atoms in total. The number of piperidine rings is 1. The summed E-state index contributed by atoms with van der Waals surface area (Å²) in [5.41, 5.74) is 0.987. The summed E-state index contributed by atoms with van der Waals surface area (Å²) in [6, 6.07) is 6.14. The molecule has 1 aliphatic rings. The largest absolute Gasteiger partial charge is 0.497 e. The van der Waals surface area contributed by atoms with Gasteiger partial charge in [-0.25, -0.2) is 0 Å². The number of ether oxygens (including phenoxy) is 3. The van der Waals surface area contributed by atoms with Gasteiger partial charge in [0.15, 0.2) is 5.82 Å². The van der Waals surface area contributed by atoms with Crippen LogP contribution >= 0.6 is 0 Å². The smallest absolute Gasteiger partial charge is 0.234 e. The number of anilines is 2. The van der Waals surface area contributed by atoms with E-state index in [1.807, 2.05) is 32.0 Å². The maximum Gasteiger partial charge on any atom is 0.234 e. The van der Waals surface area contributed by atoms with Gasteiger partial charge in [0.1, 0.15) is 11.5 Å². The molecule has 27 heavy (non-hydrogen) atoms. The third kappa shape index (κ3) is 5.15. The Morgan fingerprint density at radius 1 is 1.11 bits per heavy atom. The van der Waals surface area contributed by atoms with Crippen LogP contribution in [-0.4, -0.2) is 49.4 Å². The predicted molar refractivity (Wildman–Crippen MR) is 106 cm³/mol. The standard InChI is InChI=1S/C20H28N4O3/c1-14(2)27-20-12-21-11-19(23-20)24-7-5-6-15(13-24)22-16-8-17(25-3)10-18(9-16)26-4/h8-12,14-15,22H,5-7,13H2,1-4H3. The van der Waals surface area contributed by atoms with Gasteiger partial charge in [0.05, 0.1) is 32.7 Å². The van der Waals surface area contributed by atoms with Crippen molar-refractivity contribution in [1.29, 1.82) is 0 Å². The Bertz CT molecular complexity index is 732. The van der Waals surface area contributed by atoms with Gasteiger partial charge < -0.3 is 24.4 Å². The van der Waals surface area contributed by atoms with Crippen LogP contribution in [-0.2, 0) is 0 Å². The van der Waals surface area contributed by atoms with Gasteiger partial charge in [-0.1, -0.05) is 0 Å². The van der Waals surface area contributed by atoms with Crippen molar-refractivity contribution in [1.82, 2.24) is 9.97 Å². The average molecular weight is 372 g/mol. The van der Waals surface area contributed by atoms with Crippen molar-refractivity contribution in [3.63, 3.8) is 0 Å². The number of hydrogen-bond acceptors (Lipinski definition) is 7. The van der Waals surface area contributed by atoms with Gasteiger partial charge in [0.2, 0.25) is 5.88 Å². The van der Waals surface area contributed by atoms with Crippen LogP contribution in [0, 0.1) is 0 Å². The van der Waals surface area contributed by atoms with Gasteiger partial charge >= 0.3 is 0 Å². The fraction of sp³-hybridized carbons (Fsp3) is 0.500. The number of benzene rings is 1. The van der Waals surface area contributed by atoms with Crippen molar-refractivity contribution < 1.29 is 14.2 Å². The van der Waals surface area contributed by atoms with Crippen LogP contribution in [0.4, 0.5) is 11.5 Å². The number of methoxy groups -OCH3 is 2. The SMILES string of the molecule is COc1cc(NC2CCCN(c3cncc(OC(C)C)n3)C2)cc(OC)c1. The molecule has 1 N–H and O–H groups in total. The Morgan fingerprint density at radius 3 is 2.52 bits per heavy atom. The molecule has 1 aliphatic heterocycles. The first-order valence-corrected chi connectivity index (χ1v) is 9.30. The lowest BCUT2D eigenvalue weighted by molar-refractivity contribution is 0.231. The molecule has 1 aromatic heterocycles. The molecule has 3 rings (SSSR count). The second kappa shape index (κ2) is 8.79. The lowest BCUT2D eigenvalue weighted by Gasteiger charge is -2.34. The Labute approximate surface area is 160 Å². The summed E-state index contributed by atoms with van der Waals surface area (Å²) < 4.78 is 16.4. The van der Waals surface area contributed by atoms with Crippen molar-refractivity contribution in [2.75, 3.05) is 37.5 Å². The molecule has 0 spiro atoms. The highest BCUT2D eigenvalue weighted by Gasteiger charge is 2.22. The zero-order chi connectivity index (χ0) is 19.2. The first-order valence-electron chi connectivity index (χ1n) is 9.30. The van der Waals surface area contributed by atoms with Gasteiger partial charge in [0.25, 0.3) is 0 Å². The molecular weight excluding hydrogens is 344 g/mol. The number of nitrogens with one attached hydrogen (secondary N) is 1. The molecule has 1 saturated heterocycles. The van der Waals surface area contributed by atoms with Gasteiger partial charge in [-0.05, 0) is 26.7 Å².